The van der Waals surface area contributed by atoms with E-state index in [4.69, 9.17) is 0 Å². The number of benzene rings is 2. The number of hydrogen-bond acceptors (Lipinski definition) is 5. The molecule has 4 nitrogen and oxygen atoms in total. The van der Waals surface area contributed by atoms with Crippen LogP contribution in [0.15, 0.2) is 59.8 Å². The number of nitrogens with one attached hydrogen (secondary N) is 1. The molecule has 1 aromatic heterocycles. The quantitative estimate of drug-likeness (QED) is 0.556. The van der Waals surface area contributed by atoms with Crippen molar-refractivity contribution in [2.75, 3.05) is 11.6 Å². The van der Waals surface area contributed by atoms with Crippen LogP contribution in [0, 0.1) is 17.1 Å². The molecule has 6 heteroatoms. The minimum absolute atomic E-state index is 0.263. The van der Waals surface area contributed by atoms with Crippen molar-refractivity contribution in [3.8, 4) is 17.3 Å². The fourth-order valence-electron chi connectivity index (χ4n) is 2.22. The molecule has 1 N–H and O–H groups in total. The van der Waals surface area contributed by atoms with Crippen molar-refractivity contribution >= 4 is 23.3 Å². The van der Waals surface area contributed by atoms with Crippen LogP contribution in [-0.2, 0) is 0 Å². The van der Waals surface area contributed by atoms with Gasteiger partial charge in [-0.2, -0.15) is 5.26 Å². The van der Waals surface area contributed by atoms with E-state index in [0.29, 0.717) is 16.7 Å². The topological polar surface area (TPSA) is 61.6 Å². The fraction of sp³-hybridized carbons (Fsp3) is 0.0556. The fourth-order valence-corrected chi connectivity index (χ4v) is 2.59. The highest BCUT2D eigenvalue weighted by molar-refractivity contribution is 7.98. The molecular weight excluding hydrogens is 323 g/mol. The van der Waals surface area contributed by atoms with E-state index >= 15 is 0 Å². The van der Waals surface area contributed by atoms with E-state index in [1.807, 2.05) is 36.6 Å². The normalized spacial score (nSPS) is 10.2. The number of hydrogen-bond donors (Lipinski definition) is 1. The molecule has 0 amide bonds. The van der Waals surface area contributed by atoms with Crippen LogP contribution in [0.25, 0.3) is 11.3 Å². The third-order valence-electron chi connectivity index (χ3n) is 3.36. The summed E-state index contributed by atoms with van der Waals surface area (Å²) < 4.78 is 13.9. The second kappa shape index (κ2) is 7.11. The predicted octanol–water partition coefficient (Wildman–Crippen LogP) is 4.62. The molecule has 0 atom stereocenters. The lowest BCUT2D eigenvalue weighted by Gasteiger charge is -2.12. The smallest absolute Gasteiger partial charge is 0.189 e. The molecule has 0 radical (unpaired) electrons. The maximum absolute atomic E-state index is 13.9. The molecule has 0 fully saturated rings. The van der Waals surface area contributed by atoms with Gasteiger partial charge in [0.25, 0.3) is 0 Å². The van der Waals surface area contributed by atoms with Gasteiger partial charge in [-0.25, -0.2) is 14.4 Å². The molecule has 0 aliphatic heterocycles. The van der Waals surface area contributed by atoms with Gasteiger partial charge in [0.2, 0.25) is 0 Å². The number of aromatic nitrogens is 2. The van der Waals surface area contributed by atoms with Crippen molar-refractivity contribution in [3.63, 3.8) is 0 Å². The van der Waals surface area contributed by atoms with Crippen molar-refractivity contribution in [3.05, 3.63) is 66.0 Å². The van der Waals surface area contributed by atoms with E-state index in [9.17, 15) is 9.65 Å². The molecular formula is C18H13FN4S. The summed E-state index contributed by atoms with van der Waals surface area (Å²) >= 11 is 1.36. The van der Waals surface area contributed by atoms with Crippen LogP contribution in [0.1, 0.15) is 5.56 Å². The summed E-state index contributed by atoms with van der Waals surface area (Å²) in [7, 11) is 0. The van der Waals surface area contributed by atoms with Crippen LogP contribution in [0.4, 0.5) is 15.9 Å². The van der Waals surface area contributed by atoms with E-state index in [2.05, 4.69) is 21.4 Å². The van der Waals surface area contributed by atoms with Crippen LogP contribution >= 0.6 is 11.8 Å². The molecule has 118 valence electrons. The van der Waals surface area contributed by atoms with E-state index in [0.717, 1.165) is 5.56 Å². The number of thioether (sulfide) groups is 1. The van der Waals surface area contributed by atoms with Crippen molar-refractivity contribution < 1.29 is 4.39 Å². The number of anilines is 2. The van der Waals surface area contributed by atoms with Gasteiger partial charge in [0.1, 0.15) is 17.4 Å². The molecule has 3 rings (SSSR count). The van der Waals surface area contributed by atoms with Crippen LogP contribution in [-0.4, -0.2) is 16.2 Å². The Morgan fingerprint density at radius 3 is 2.42 bits per heavy atom. The number of nitrogens with zero attached hydrogens (tertiary/aromatic N) is 3. The minimum Gasteiger partial charge on any atom is -0.337 e. The van der Waals surface area contributed by atoms with Gasteiger partial charge in [-0.1, -0.05) is 54.2 Å². The van der Waals surface area contributed by atoms with Crippen molar-refractivity contribution in [2.45, 2.75) is 5.16 Å². The summed E-state index contributed by atoms with van der Waals surface area (Å²) in [5.41, 5.74) is 1.88. The lowest BCUT2D eigenvalue weighted by molar-refractivity contribution is 0.631. The molecule has 2 aromatic carbocycles. The lowest BCUT2D eigenvalue weighted by Crippen LogP contribution is -2.04. The van der Waals surface area contributed by atoms with Gasteiger partial charge in [-0.3, -0.25) is 0 Å². The molecule has 0 aliphatic carbocycles. The zero-order valence-electron chi connectivity index (χ0n) is 12.8. The third kappa shape index (κ3) is 3.21. The molecule has 0 spiro atoms. The summed E-state index contributed by atoms with van der Waals surface area (Å²) in [5.74, 6) is -0.118. The summed E-state index contributed by atoms with van der Waals surface area (Å²) in [6.45, 7) is 0. The molecule has 0 saturated heterocycles. The summed E-state index contributed by atoms with van der Waals surface area (Å²) in [6.07, 6.45) is 1.85. The second-order valence-electron chi connectivity index (χ2n) is 4.87. The number of halogens is 1. The van der Waals surface area contributed by atoms with Crippen molar-refractivity contribution in [2.24, 2.45) is 0 Å². The van der Waals surface area contributed by atoms with Gasteiger partial charge in [0, 0.05) is 5.56 Å². The zero-order valence-corrected chi connectivity index (χ0v) is 13.6. The van der Waals surface area contributed by atoms with E-state index in [1.54, 1.807) is 18.2 Å². The molecule has 24 heavy (non-hydrogen) atoms. The first-order chi connectivity index (χ1) is 11.7. The Kier molecular flexibility index (Phi) is 4.73. The molecule has 3 aromatic rings. The van der Waals surface area contributed by atoms with Crippen LogP contribution in [0.5, 0.6) is 0 Å². The minimum atomic E-state index is -0.410. The largest absolute Gasteiger partial charge is 0.337 e. The first-order valence-corrected chi connectivity index (χ1v) is 8.38. The monoisotopic (exact) mass is 336 g/mol. The van der Waals surface area contributed by atoms with Gasteiger partial charge >= 0.3 is 0 Å². The van der Waals surface area contributed by atoms with Gasteiger partial charge in [-0.05, 0) is 18.4 Å². The van der Waals surface area contributed by atoms with E-state index in [1.165, 1.54) is 17.8 Å². The van der Waals surface area contributed by atoms with Crippen molar-refractivity contribution in [1.29, 1.82) is 5.26 Å². The average molecular weight is 336 g/mol. The maximum Gasteiger partial charge on any atom is 0.189 e. The molecule has 0 bridgehead atoms. The Morgan fingerprint density at radius 2 is 1.75 bits per heavy atom. The Hall–Kier alpha value is -2.91. The standard InChI is InChI=1S/C18H13FN4S/c1-24-18-22-16(12-7-3-2-4-8-12)13(11-20)17(23-18)21-15-10-6-5-9-14(15)19/h2-10H,1H3,(H,21,22,23). The van der Waals surface area contributed by atoms with Crippen LogP contribution in [0.2, 0.25) is 0 Å². The Labute approximate surface area is 143 Å². The predicted molar refractivity (Wildman–Crippen MR) is 93.6 cm³/mol. The van der Waals surface area contributed by atoms with E-state index < -0.39 is 5.82 Å². The third-order valence-corrected chi connectivity index (χ3v) is 3.90. The van der Waals surface area contributed by atoms with E-state index in [-0.39, 0.29) is 11.3 Å². The highest BCUT2D eigenvalue weighted by Crippen LogP contribution is 2.30. The molecule has 1 heterocycles. The summed E-state index contributed by atoms with van der Waals surface area (Å²) in [6, 6.07) is 17.8. The average Bonchev–Trinajstić information content (AvgIpc) is 2.63. The first-order valence-electron chi connectivity index (χ1n) is 7.16. The van der Waals surface area contributed by atoms with Crippen molar-refractivity contribution in [1.82, 2.24) is 9.97 Å². The second-order valence-corrected chi connectivity index (χ2v) is 5.64. The number of nitriles is 1. The summed E-state index contributed by atoms with van der Waals surface area (Å²) in [5, 5.41) is 13.0. The van der Waals surface area contributed by atoms with Gasteiger partial charge < -0.3 is 5.32 Å². The van der Waals surface area contributed by atoms with Crippen LogP contribution < -0.4 is 5.32 Å². The van der Waals surface area contributed by atoms with Crippen LogP contribution in [0.3, 0.4) is 0 Å². The molecule has 0 unspecified atom stereocenters. The Bertz CT molecular complexity index is 907. The Morgan fingerprint density at radius 1 is 1.04 bits per heavy atom. The zero-order chi connectivity index (χ0) is 16.9. The van der Waals surface area contributed by atoms with Gasteiger partial charge in [0.15, 0.2) is 11.0 Å². The first kappa shape index (κ1) is 16.0. The van der Waals surface area contributed by atoms with Gasteiger partial charge in [0.05, 0.1) is 11.4 Å². The Balaban J connectivity index is 2.16. The highest BCUT2D eigenvalue weighted by Gasteiger charge is 2.16. The maximum atomic E-state index is 13.9. The lowest BCUT2D eigenvalue weighted by atomic mass is 10.1. The highest BCUT2D eigenvalue weighted by atomic mass is 32.2. The molecule has 0 aliphatic rings. The van der Waals surface area contributed by atoms with Gasteiger partial charge in [-0.15, -0.1) is 0 Å². The molecule has 0 saturated carbocycles. The SMILES string of the molecule is CSc1nc(Nc2ccccc2F)c(C#N)c(-c2ccccc2)n1. The number of para-hydroxylation sites is 1. The summed E-state index contributed by atoms with van der Waals surface area (Å²) in [4.78, 5) is 8.79. The number of rotatable bonds is 4.